The fraction of sp³-hybridized carbons (Fsp3) is 0.297. The number of piperidine rings is 1. The summed E-state index contributed by atoms with van der Waals surface area (Å²) in [6, 6.07) is 15.7. The number of aryl methyl sites for hydroxylation is 1. The molecule has 4 aromatic rings. The second-order valence-electron chi connectivity index (χ2n) is 12.5. The Hall–Kier alpha value is -5.60. The first-order valence-electron chi connectivity index (χ1n) is 16.2. The van der Waals surface area contributed by atoms with Crippen LogP contribution in [0.25, 0.3) is 10.9 Å². The van der Waals surface area contributed by atoms with Crippen LogP contribution in [0.2, 0.25) is 0 Å². The third-order valence-electron chi connectivity index (χ3n) is 9.32. The Labute approximate surface area is 277 Å². The lowest BCUT2D eigenvalue weighted by Crippen LogP contribution is -2.54. The maximum atomic E-state index is 13.3. The predicted molar refractivity (Wildman–Crippen MR) is 178 cm³/mol. The van der Waals surface area contributed by atoms with Gasteiger partial charge >= 0.3 is 0 Å². The summed E-state index contributed by atoms with van der Waals surface area (Å²) in [5.74, 6) is 4.21. The Morgan fingerprint density at radius 3 is 2.62 bits per heavy atom. The van der Waals surface area contributed by atoms with Crippen LogP contribution in [-0.4, -0.2) is 68.9 Å². The van der Waals surface area contributed by atoms with Crippen LogP contribution in [0.1, 0.15) is 92.5 Å². The molecule has 7 rings (SSSR count). The zero-order chi connectivity index (χ0) is 33.4. The van der Waals surface area contributed by atoms with E-state index < -0.39 is 29.7 Å². The second kappa shape index (κ2) is 12.9. The molecule has 2 fully saturated rings. The zero-order valence-electron chi connectivity index (χ0n) is 26.5. The molecule has 1 unspecified atom stereocenters. The number of hydrogen-bond acceptors (Lipinski definition) is 7. The highest BCUT2D eigenvalue weighted by molar-refractivity contribution is 6.24. The van der Waals surface area contributed by atoms with Crippen molar-refractivity contribution in [3.63, 3.8) is 0 Å². The number of nitrogens with zero attached hydrogens (tertiary/aromatic N) is 3. The van der Waals surface area contributed by atoms with Gasteiger partial charge in [0, 0.05) is 53.4 Å². The number of hydrogen-bond donors (Lipinski definition) is 3. The van der Waals surface area contributed by atoms with Crippen molar-refractivity contribution >= 4 is 46.3 Å². The van der Waals surface area contributed by atoms with E-state index in [-0.39, 0.29) is 29.9 Å². The lowest BCUT2D eigenvalue weighted by molar-refractivity contribution is -0.136. The van der Waals surface area contributed by atoms with Crippen LogP contribution < -0.4 is 10.6 Å². The van der Waals surface area contributed by atoms with E-state index in [1.165, 1.54) is 12.1 Å². The van der Waals surface area contributed by atoms with Crippen LogP contribution in [0, 0.1) is 11.8 Å². The minimum atomic E-state index is -1.02. The highest BCUT2D eigenvalue weighted by Gasteiger charge is 2.45. The number of likely N-dealkylation sites (tertiary alicyclic amines) is 1. The zero-order valence-corrected chi connectivity index (χ0v) is 26.5. The lowest BCUT2D eigenvalue weighted by Gasteiger charge is -2.27. The third-order valence-corrected chi connectivity index (χ3v) is 9.32. The van der Waals surface area contributed by atoms with E-state index in [1.54, 1.807) is 36.5 Å². The third kappa shape index (κ3) is 5.98. The van der Waals surface area contributed by atoms with Gasteiger partial charge in [-0.25, -0.2) is 4.98 Å². The van der Waals surface area contributed by atoms with Crippen LogP contribution in [-0.2, 0) is 16.0 Å². The van der Waals surface area contributed by atoms with Crippen molar-refractivity contribution < 1.29 is 24.0 Å². The molecule has 11 nitrogen and oxygen atoms in total. The number of amides is 5. The number of benzene rings is 2. The van der Waals surface area contributed by atoms with Gasteiger partial charge in [0.15, 0.2) is 0 Å². The Morgan fingerprint density at radius 2 is 1.85 bits per heavy atom. The summed E-state index contributed by atoms with van der Waals surface area (Å²) in [7, 11) is 2.14. The molecular formula is C37H34N6O5. The summed E-state index contributed by atoms with van der Waals surface area (Å²) >= 11 is 0. The molecule has 2 aromatic heterocycles. The van der Waals surface area contributed by atoms with Gasteiger partial charge < -0.3 is 10.3 Å². The molecule has 0 aliphatic carbocycles. The van der Waals surface area contributed by atoms with Gasteiger partial charge in [-0.3, -0.25) is 39.1 Å². The smallest absolute Gasteiger partial charge is 0.263 e. The number of anilines is 1. The predicted octanol–water partition coefficient (Wildman–Crippen LogP) is 4.36. The van der Waals surface area contributed by atoms with Gasteiger partial charge in [-0.05, 0) is 81.6 Å². The summed E-state index contributed by atoms with van der Waals surface area (Å²) in [5, 5.41) is 6.13. The maximum Gasteiger partial charge on any atom is 0.263 e. The van der Waals surface area contributed by atoms with E-state index in [2.05, 4.69) is 50.5 Å². The van der Waals surface area contributed by atoms with Gasteiger partial charge in [0.1, 0.15) is 11.9 Å². The Bertz CT molecular complexity index is 2040. The molecule has 0 spiro atoms. The number of pyridine rings is 1. The summed E-state index contributed by atoms with van der Waals surface area (Å²) in [4.78, 5) is 74.4. The van der Waals surface area contributed by atoms with E-state index >= 15 is 0 Å². The molecule has 242 valence electrons. The van der Waals surface area contributed by atoms with Crippen LogP contribution in [0.3, 0.4) is 0 Å². The van der Waals surface area contributed by atoms with E-state index in [0.29, 0.717) is 29.4 Å². The quantitative estimate of drug-likeness (QED) is 0.154. The van der Waals surface area contributed by atoms with Crippen LogP contribution in [0.15, 0.2) is 60.8 Å². The Morgan fingerprint density at radius 1 is 1.02 bits per heavy atom. The minimum absolute atomic E-state index is 0.0639. The number of imide groups is 2. The molecule has 0 saturated carbocycles. The standard InChI is InChI=1S/C37H34N6O5/c1-42-18-6-11-29(42)28-19-25-21-38-31(20-27(25)39-28)40-34(45)24-14-12-22(13-15-24)7-3-2-4-8-23-9-5-10-26-33(23)37(48)43(36(26)47)30-16-17-32(44)41-35(30)46/h5,9-10,12-15,19-21,29-30,39H,2-3,6-7,11,16-18H2,1H3,(H,38,40,45)(H,41,44,46)/t29-,30?/m1/s1. The molecule has 2 saturated heterocycles. The topological polar surface area (TPSA) is 145 Å². The van der Waals surface area contributed by atoms with Crippen molar-refractivity contribution in [2.24, 2.45) is 0 Å². The van der Waals surface area contributed by atoms with Crippen molar-refractivity contribution in [2.75, 3.05) is 18.9 Å². The number of aromatic nitrogens is 2. The largest absolute Gasteiger partial charge is 0.357 e. The van der Waals surface area contributed by atoms with Crippen LogP contribution in [0.5, 0.6) is 0 Å². The van der Waals surface area contributed by atoms with Crippen LogP contribution >= 0.6 is 0 Å². The van der Waals surface area contributed by atoms with Crippen molar-refractivity contribution in [3.8, 4) is 11.8 Å². The van der Waals surface area contributed by atoms with E-state index in [1.807, 2.05) is 18.2 Å². The fourth-order valence-electron chi connectivity index (χ4n) is 6.77. The number of aromatic amines is 1. The highest BCUT2D eigenvalue weighted by atomic mass is 16.2. The number of nitrogens with one attached hydrogen (secondary N) is 3. The van der Waals surface area contributed by atoms with Crippen molar-refractivity contribution in [1.29, 1.82) is 0 Å². The number of H-pyrrole nitrogens is 1. The van der Waals surface area contributed by atoms with Gasteiger partial charge in [-0.1, -0.05) is 30.0 Å². The molecule has 48 heavy (non-hydrogen) atoms. The Kier molecular flexibility index (Phi) is 8.33. The number of carbonyl (C=O) groups is 5. The summed E-state index contributed by atoms with van der Waals surface area (Å²) < 4.78 is 0. The highest BCUT2D eigenvalue weighted by Crippen LogP contribution is 2.32. The molecule has 3 aliphatic rings. The van der Waals surface area contributed by atoms with Crippen molar-refractivity contribution in [3.05, 3.63) is 94.3 Å². The molecule has 5 amide bonds. The number of rotatable bonds is 7. The average Bonchev–Trinajstić information content (AvgIpc) is 3.77. The molecule has 2 aromatic carbocycles. The molecule has 0 radical (unpaired) electrons. The minimum Gasteiger partial charge on any atom is -0.357 e. The first kappa shape index (κ1) is 31.0. The van der Waals surface area contributed by atoms with Gasteiger partial charge in [0.05, 0.1) is 16.6 Å². The van der Waals surface area contributed by atoms with E-state index in [0.717, 1.165) is 47.2 Å². The number of carbonyl (C=O) groups excluding carboxylic acids is 5. The molecule has 2 atom stereocenters. The van der Waals surface area contributed by atoms with Gasteiger partial charge in [0.25, 0.3) is 17.7 Å². The normalized spacial score (nSPS) is 19.3. The SMILES string of the molecule is CN1CCC[C@@H]1c1cc2cnc(NC(=O)c3ccc(CCCC#Cc4cccc5c4C(=O)N(C4CCC(=O)NC4=O)C5=O)cc3)cc2[nH]1. The Balaban J connectivity index is 0.933. The van der Waals surface area contributed by atoms with E-state index in [9.17, 15) is 24.0 Å². The molecule has 3 aliphatic heterocycles. The summed E-state index contributed by atoms with van der Waals surface area (Å²) in [5.41, 5.74) is 4.54. The summed E-state index contributed by atoms with van der Waals surface area (Å²) in [6.45, 7) is 1.09. The van der Waals surface area contributed by atoms with Crippen molar-refractivity contribution in [1.82, 2.24) is 25.1 Å². The lowest BCUT2D eigenvalue weighted by atomic mass is 10.0. The fourth-order valence-corrected chi connectivity index (χ4v) is 6.77. The monoisotopic (exact) mass is 642 g/mol. The molecular weight excluding hydrogens is 608 g/mol. The second-order valence-corrected chi connectivity index (χ2v) is 12.5. The van der Waals surface area contributed by atoms with E-state index in [4.69, 9.17) is 0 Å². The van der Waals surface area contributed by atoms with Crippen LogP contribution in [0.4, 0.5) is 5.82 Å². The molecule has 5 heterocycles. The number of unbranched alkanes of at least 4 members (excludes halogenated alkanes) is 1. The van der Waals surface area contributed by atoms with Gasteiger partial charge in [0.2, 0.25) is 11.8 Å². The first-order valence-corrected chi connectivity index (χ1v) is 16.2. The average molecular weight is 643 g/mol. The molecule has 3 N–H and O–H groups in total. The van der Waals surface area contributed by atoms with Gasteiger partial charge in [-0.15, -0.1) is 0 Å². The summed E-state index contributed by atoms with van der Waals surface area (Å²) in [6.07, 6.45) is 6.30. The molecule has 11 heteroatoms. The maximum absolute atomic E-state index is 13.3. The first-order chi connectivity index (χ1) is 23.3. The van der Waals surface area contributed by atoms with Crippen molar-refractivity contribution in [2.45, 2.75) is 57.0 Å². The number of fused-ring (bicyclic) bond motifs is 2. The molecule has 0 bridgehead atoms. The van der Waals surface area contributed by atoms with Gasteiger partial charge in [-0.2, -0.15) is 0 Å².